The number of carboxylic acids is 1. The fraction of sp³-hybridized carbons (Fsp3) is 0.333. The summed E-state index contributed by atoms with van der Waals surface area (Å²) < 4.78 is 16.2. The van der Waals surface area contributed by atoms with Gasteiger partial charge < -0.3 is 25.1 Å². The van der Waals surface area contributed by atoms with Crippen molar-refractivity contribution < 1.29 is 28.9 Å². The summed E-state index contributed by atoms with van der Waals surface area (Å²) in [6.07, 6.45) is 0.866. The highest BCUT2D eigenvalue weighted by Gasteiger charge is 2.17. The number of carbonyl (C=O) groups is 2. The molecule has 0 aromatic heterocycles. The van der Waals surface area contributed by atoms with E-state index in [0.29, 0.717) is 29.9 Å². The first-order chi connectivity index (χ1) is 13.5. The van der Waals surface area contributed by atoms with E-state index in [9.17, 15) is 9.59 Å². The minimum atomic E-state index is -0.858. The van der Waals surface area contributed by atoms with Crippen LogP contribution in [0.2, 0.25) is 0 Å². The molecule has 150 valence electrons. The molecule has 1 unspecified atom stereocenters. The smallest absolute Gasteiger partial charge is 0.323 e. The number of rotatable bonds is 11. The number of methoxy groups -OCH3 is 1. The van der Waals surface area contributed by atoms with Crippen LogP contribution in [0, 0.1) is 0 Å². The molecule has 0 aliphatic heterocycles. The molecule has 2 aromatic carbocycles. The lowest BCUT2D eigenvalue weighted by Crippen LogP contribution is -2.34. The molecular weight excluding hydrogens is 362 g/mol. The normalized spacial score (nSPS) is 11.5. The minimum Gasteiger partial charge on any atom is -0.496 e. The lowest BCUT2D eigenvalue weighted by Gasteiger charge is -2.14. The monoisotopic (exact) mass is 387 g/mol. The maximum absolute atomic E-state index is 12.2. The molecule has 0 radical (unpaired) electrons. The Bertz CT molecular complexity index is 778. The molecule has 0 saturated heterocycles. The first-order valence-electron chi connectivity index (χ1n) is 8.97. The zero-order chi connectivity index (χ0) is 20.4. The molecule has 0 aliphatic carbocycles. The molecule has 7 heteroatoms. The van der Waals surface area contributed by atoms with E-state index in [2.05, 4.69) is 0 Å². The van der Waals surface area contributed by atoms with Crippen LogP contribution in [-0.4, -0.2) is 36.8 Å². The van der Waals surface area contributed by atoms with Crippen LogP contribution >= 0.6 is 0 Å². The first-order valence-corrected chi connectivity index (χ1v) is 8.97. The summed E-state index contributed by atoms with van der Waals surface area (Å²) >= 11 is 0. The van der Waals surface area contributed by atoms with Crippen LogP contribution in [-0.2, 0) is 27.4 Å². The lowest BCUT2D eigenvalue weighted by atomic mass is 10.1. The highest BCUT2D eigenvalue weighted by molar-refractivity contribution is 5.76. The van der Waals surface area contributed by atoms with Gasteiger partial charge in [-0.2, -0.15) is 0 Å². The summed E-state index contributed by atoms with van der Waals surface area (Å²) in [5.74, 6) is -0.276. The van der Waals surface area contributed by atoms with Crippen LogP contribution in [0.1, 0.15) is 24.0 Å². The highest BCUT2D eigenvalue weighted by atomic mass is 16.5. The molecule has 0 bridgehead atoms. The molecule has 3 N–H and O–H groups in total. The lowest BCUT2D eigenvalue weighted by molar-refractivity contribution is -0.146. The molecule has 0 spiro atoms. The minimum absolute atomic E-state index is 0.0315. The molecule has 2 rings (SSSR count). The Balaban J connectivity index is 1.86. The second kappa shape index (κ2) is 10.9. The van der Waals surface area contributed by atoms with Crippen molar-refractivity contribution in [2.45, 2.75) is 31.9 Å². The van der Waals surface area contributed by atoms with Crippen molar-refractivity contribution in [3.63, 3.8) is 0 Å². The highest BCUT2D eigenvalue weighted by Crippen LogP contribution is 2.25. The van der Waals surface area contributed by atoms with Gasteiger partial charge in [0.25, 0.3) is 0 Å². The Hall–Kier alpha value is -3.06. The summed E-state index contributed by atoms with van der Waals surface area (Å²) in [6, 6.07) is 13.9. The number of carboxylic acid groups (broad SMARTS) is 1. The summed E-state index contributed by atoms with van der Waals surface area (Å²) in [5.41, 5.74) is 7.58. The predicted molar refractivity (Wildman–Crippen MR) is 103 cm³/mol. The van der Waals surface area contributed by atoms with Gasteiger partial charge in [0, 0.05) is 18.1 Å². The molecule has 1 atom stereocenters. The zero-order valence-corrected chi connectivity index (χ0v) is 15.8. The van der Waals surface area contributed by atoms with E-state index < -0.39 is 18.0 Å². The van der Waals surface area contributed by atoms with Crippen LogP contribution in [0.25, 0.3) is 0 Å². The molecule has 2 aromatic rings. The van der Waals surface area contributed by atoms with Crippen LogP contribution < -0.4 is 15.2 Å². The fourth-order valence-corrected chi connectivity index (χ4v) is 2.55. The van der Waals surface area contributed by atoms with Gasteiger partial charge in [-0.15, -0.1) is 0 Å². The third-order valence-electron chi connectivity index (χ3n) is 4.03. The van der Waals surface area contributed by atoms with Gasteiger partial charge in [0.1, 0.15) is 24.1 Å². The van der Waals surface area contributed by atoms with Gasteiger partial charge in [0.15, 0.2) is 0 Å². The Morgan fingerprint density at radius 3 is 2.57 bits per heavy atom. The Morgan fingerprint density at radius 2 is 1.89 bits per heavy atom. The summed E-state index contributed by atoms with van der Waals surface area (Å²) in [5, 5.41) is 8.63. The fourth-order valence-electron chi connectivity index (χ4n) is 2.55. The number of aliphatic carboxylic acids is 1. The zero-order valence-electron chi connectivity index (χ0n) is 15.8. The quantitative estimate of drug-likeness (QED) is 0.450. The first kappa shape index (κ1) is 21.2. The predicted octanol–water partition coefficient (Wildman–Crippen LogP) is 2.55. The van der Waals surface area contributed by atoms with Crippen molar-refractivity contribution in [2.75, 3.05) is 13.7 Å². The van der Waals surface area contributed by atoms with Gasteiger partial charge in [0.2, 0.25) is 0 Å². The third-order valence-corrected chi connectivity index (χ3v) is 4.03. The maximum atomic E-state index is 12.2. The molecule has 0 amide bonds. The Morgan fingerprint density at radius 1 is 1.14 bits per heavy atom. The van der Waals surface area contributed by atoms with Gasteiger partial charge >= 0.3 is 11.9 Å². The average molecular weight is 387 g/mol. The van der Waals surface area contributed by atoms with E-state index in [0.717, 1.165) is 5.56 Å². The topological polar surface area (TPSA) is 108 Å². The van der Waals surface area contributed by atoms with Crippen LogP contribution in [0.3, 0.4) is 0 Å². The summed E-state index contributed by atoms with van der Waals surface area (Å²) in [6.45, 7) is 0.321. The van der Waals surface area contributed by atoms with E-state index in [-0.39, 0.29) is 19.6 Å². The largest absolute Gasteiger partial charge is 0.496 e. The molecular formula is C21H25NO6. The second-order valence-corrected chi connectivity index (χ2v) is 6.22. The van der Waals surface area contributed by atoms with Gasteiger partial charge in [-0.05, 0) is 30.5 Å². The average Bonchev–Trinajstić information content (AvgIpc) is 2.70. The van der Waals surface area contributed by atoms with Crippen LogP contribution in [0.4, 0.5) is 0 Å². The van der Waals surface area contributed by atoms with Crippen molar-refractivity contribution in [3.05, 3.63) is 59.7 Å². The van der Waals surface area contributed by atoms with Crippen LogP contribution in [0.5, 0.6) is 11.5 Å². The van der Waals surface area contributed by atoms with Crippen molar-refractivity contribution in [1.82, 2.24) is 0 Å². The van der Waals surface area contributed by atoms with E-state index in [1.807, 2.05) is 30.3 Å². The Kier molecular flexibility index (Phi) is 8.30. The van der Waals surface area contributed by atoms with E-state index in [1.165, 1.54) is 7.11 Å². The molecule has 0 heterocycles. The second-order valence-electron chi connectivity index (χ2n) is 6.22. The molecule has 0 fully saturated rings. The molecule has 0 saturated carbocycles. The van der Waals surface area contributed by atoms with Crippen molar-refractivity contribution in [2.24, 2.45) is 5.73 Å². The number of hydrogen-bond acceptors (Lipinski definition) is 6. The molecule has 28 heavy (non-hydrogen) atoms. The maximum Gasteiger partial charge on any atom is 0.323 e. The summed E-state index contributed by atoms with van der Waals surface area (Å²) in [4.78, 5) is 22.7. The van der Waals surface area contributed by atoms with E-state index in [4.69, 9.17) is 25.1 Å². The number of carbonyl (C=O) groups excluding carboxylic acids is 1. The van der Waals surface area contributed by atoms with E-state index >= 15 is 0 Å². The molecule has 7 nitrogen and oxygen atoms in total. The van der Waals surface area contributed by atoms with Crippen molar-refractivity contribution in [3.8, 4) is 11.5 Å². The van der Waals surface area contributed by atoms with Crippen molar-refractivity contribution in [1.29, 1.82) is 0 Å². The van der Waals surface area contributed by atoms with Gasteiger partial charge in [-0.3, -0.25) is 9.59 Å². The van der Waals surface area contributed by atoms with Gasteiger partial charge in [-0.25, -0.2) is 0 Å². The van der Waals surface area contributed by atoms with Crippen molar-refractivity contribution >= 4 is 11.9 Å². The SMILES string of the molecule is COc1cc(OCCCC(=O)O)ccc1COC(=O)C(N)Cc1ccccc1. The number of hydrogen-bond donors (Lipinski definition) is 2. The standard InChI is InChI=1S/C21H25NO6/c1-26-19-13-17(27-11-5-8-20(23)24)10-9-16(19)14-28-21(25)18(22)12-15-6-3-2-4-7-15/h2-4,6-7,9-10,13,18H,5,8,11-12,14,22H2,1H3,(H,23,24). The molecule has 0 aliphatic rings. The third kappa shape index (κ3) is 6.92. The van der Waals surface area contributed by atoms with Gasteiger partial charge in [-0.1, -0.05) is 30.3 Å². The number of esters is 1. The number of benzene rings is 2. The van der Waals surface area contributed by atoms with Crippen LogP contribution in [0.15, 0.2) is 48.5 Å². The Labute approximate surface area is 164 Å². The number of nitrogens with two attached hydrogens (primary N) is 1. The van der Waals surface area contributed by atoms with E-state index in [1.54, 1.807) is 18.2 Å². The number of ether oxygens (including phenoxy) is 3. The van der Waals surface area contributed by atoms with Gasteiger partial charge in [0.05, 0.1) is 13.7 Å². The summed E-state index contributed by atoms with van der Waals surface area (Å²) in [7, 11) is 1.51.